The van der Waals surface area contributed by atoms with Crippen molar-refractivity contribution >= 4 is 28.5 Å². The van der Waals surface area contributed by atoms with Gasteiger partial charge in [-0.15, -0.1) is 0 Å². The molecule has 1 aliphatic carbocycles. The second-order valence-corrected chi connectivity index (χ2v) is 7.17. The Labute approximate surface area is 167 Å². The summed E-state index contributed by atoms with van der Waals surface area (Å²) in [6.45, 7) is 0. The van der Waals surface area contributed by atoms with E-state index < -0.39 is 23.1 Å². The first-order valence-electron chi connectivity index (χ1n) is 8.69. The highest BCUT2D eigenvalue weighted by molar-refractivity contribution is 6.32. The van der Waals surface area contributed by atoms with E-state index in [0.29, 0.717) is 12.8 Å². The first-order chi connectivity index (χ1) is 13.7. The van der Waals surface area contributed by atoms with Crippen LogP contribution in [0.2, 0.25) is 5.02 Å². The van der Waals surface area contributed by atoms with Crippen molar-refractivity contribution in [1.29, 1.82) is 5.26 Å². The van der Waals surface area contributed by atoms with Gasteiger partial charge in [-0.1, -0.05) is 23.7 Å². The predicted octanol–water partition coefficient (Wildman–Crippen LogP) is 4.31. The van der Waals surface area contributed by atoms with Crippen molar-refractivity contribution in [3.63, 3.8) is 0 Å². The van der Waals surface area contributed by atoms with Gasteiger partial charge in [0.2, 0.25) is 0 Å². The summed E-state index contributed by atoms with van der Waals surface area (Å²) in [6.07, 6.45) is -2.78. The van der Waals surface area contributed by atoms with Crippen molar-refractivity contribution in [2.45, 2.75) is 31.0 Å². The number of nitrogens with one attached hydrogen (secondary N) is 1. The van der Waals surface area contributed by atoms with E-state index in [2.05, 4.69) is 21.4 Å². The summed E-state index contributed by atoms with van der Waals surface area (Å²) >= 11 is 6.16. The Morgan fingerprint density at radius 2 is 1.90 bits per heavy atom. The number of benzene rings is 1. The number of para-hydroxylation sites is 1. The molecule has 0 spiro atoms. The van der Waals surface area contributed by atoms with Crippen LogP contribution in [0.5, 0.6) is 0 Å². The molecule has 1 aromatic carbocycles. The number of fused-ring (bicyclic) bond motifs is 1. The topological polar surface area (TPSA) is 83.6 Å². The smallest absolute Gasteiger partial charge is 0.351 e. The number of nitrogens with zero attached hydrogens (tertiary/aromatic N) is 4. The third-order valence-corrected chi connectivity index (χ3v) is 5.22. The second-order valence-electron chi connectivity index (χ2n) is 6.77. The normalized spacial score (nSPS) is 15.6. The van der Waals surface area contributed by atoms with Gasteiger partial charge < -0.3 is 5.32 Å². The van der Waals surface area contributed by atoms with Gasteiger partial charge >= 0.3 is 11.9 Å². The van der Waals surface area contributed by atoms with Crippen LogP contribution >= 0.6 is 11.6 Å². The Kier molecular flexibility index (Phi) is 4.46. The molecule has 148 valence electrons. The Hall–Kier alpha value is -3.12. The zero-order valence-electron chi connectivity index (χ0n) is 14.8. The molecule has 1 N–H and O–H groups in total. The molecule has 1 fully saturated rings. The summed E-state index contributed by atoms with van der Waals surface area (Å²) in [5, 5.41) is 12.7. The molecule has 3 aromatic rings. The first kappa shape index (κ1) is 19.2. The lowest BCUT2D eigenvalue weighted by Gasteiger charge is -2.36. The molecule has 0 aliphatic heterocycles. The molecule has 2 aromatic heterocycles. The fraction of sp³-hybridized carbons (Fsp3) is 0.263. The summed E-state index contributed by atoms with van der Waals surface area (Å²) in [6, 6.07) is 10.4. The standard InChI is InChI=1S/C19H13ClF3N5O/c20-12-4-1-2-5-13(12)28-16-11(6-7-14(25-16)19(21,22)23)15(26-17(28)29)27-18(10-24)8-3-9-18/h1-2,4-7H,3,8-9H2,(H,26,27,29). The highest BCUT2D eigenvalue weighted by Gasteiger charge is 2.38. The Morgan fingerprint density at radius 3 is 2.48 bits per heavy atom. The zero-order chi connectivity index (χ0) is 20.8. The number of alkyl halides is 3. The van der Waals surface area contributed by atoms with Crippen LogP contribution in [0.25, 0.3) is 16.7 Å². The number of pyridine rings is 1. The van der Waals surface area contributed by atoms with Crippen molar-refractivity contribution in [3.8, 4) is 11.8 Å². The third-order valence-electron chi connectivity index (χ3n) is 4.90. The van der Waals surface area contributed by atoms with Gasteiger partial charge in [-0.3, -0.25) is 0 Å². The monoisotopic (exact) mass is 419 g/mol. The van der Waals surface area contributed by atoms with Gasteiger partial charge in [-0.2, -0.15) is 23.4 Å². The summed E-state index contributed by atoms with van der Waals surface area (Å²) in [4.78, 5) is 20.5. The van der Waals surface area contributed by atoms with Crippen LogP contribution in [-0.2, 0) is 6.18 Å². The zero-order valence-corrected chi connectivity index (χ0v) is 15.6. The average molecular weight is 420 g/mol. The fourth-order valence-electron chi connectivity index (χ4n) is 3.23. The predicted molar refractivity (Wildman–Crippen MR) is 101 cm³/mol. The minimum absolute atomic E-state index is 0.0239. The maximum absolute atomic E-state index is 13.3. The van der Waals surface area contributed by atoms with Crippen molar-refractivity contribution in [3.05, 3.63) is 57.6 Å². The van der Waals surface area contributed by atoms with Crippen molar-refractivity contribution in [2.75, 3.05) is 5.32 Å². The van der Waals surface area contributed by atoms with E-state index in [4.69, 9.17) is 11.6 Å². The van der Waals surface area contributed by atoms with Crippen molar-refractivity contribution < 1.29 is 13.2 Å². The molecule has 0 unspecified atom stereocenters. The minimum atomic E-state index is -4.70. The van der Waals surface area contributed by atoms with Gasteiger partial charge in [-0.05, 0) is 43.5 Å². The summed E-state index contributed by atoms with van der Waals surface area (Å²) in [5.41, 5.74) is -2.99. The molecule has 29 heavy (non-hydrogen) atoms. The lowest BCUT2D eigenvalue weighted by molar-refractivity contribution is -0.141. The van der Waals surface area contributed by atoms with E-state index in [1.165, 1.54) is 18.2 Å². The van der Waals surface area contributed by atoms with Gasteiger partial charge in [0.1, 0.15) is 17.1 Å². The van der Waals surface area contributed by atoms with E-state index >= 15 is 0 Å². The van der Waals surface area contributed by atoms with E-state index in [9.17, 15) is 23.2 Å². The molecule has 2 heterocycles. The number of hydrogen-bond acceptors (Lipinski definition) is 5. The highest BCUT2D eigenvalue weighted by Crippen LogP contribution is 2.37. The molecule has 1 aliphatic rings. The minimum Gasteiger partial charge on any atom is -0.351 e. The molecule has 0 atom stereocenters. The fourth-order valence-corrected chi connectivity index (χ4v) is 3.45. The molecule has 4 rings (SSSR count). The Bertz CT molecular complexity index is 1210. The van der Waals surface area contributed by atoms with E-state index in [0.717, 1.165) is 17.1 Å². The Morgan fingerprint density at radius 1 is 1.17 bits per heavy atom. The number of anilines is 1. The summed E-state index contributed by atoms with van der Waals surface area (Å²) in [7, 11) is 0. The third kappa shape index (κ3) is 3.29. The SMILES string of the molecule is N#CC1(Nc2nc(=O)n(-c3ccccc3Cl)c3nc(C(F)(F)F)ccc23)CCC1. The lowest BCUT2D eigenvalue weighted by Crippen LogP contribution is -2.44. The number of halogens is 4. The Balaban J connectivity index is 2.02. The van der Waals surface area contributed by atoms with Crippen LogP contribution in [0, 0.1) is 11.3 Å². The first-order valence-corrected chi connectivity index (χ1v) is 9.07. The van der Waals surface area contributed by atoms with Gasteiger partial charge in [0, 0.05) is 0 Å². The molecular weight excluding hydrogens is 407 g/mol. The number of hydrogen-bond donors (Lipinski definition) is 1. The lowest BCUT2D eigenvalue weighted by atomic mass is 9.78. The van der Waals surface area contributed by atoms with Crippen LogP contribution in [0.3, 0.4) is 0 Å². The number of aromatic nitrogens is 3. The van der Waals surface area contributed by atoms with Crippen LogP contribution in [0.15, 0.2) is 41.2 Å². The van der Waals surface area contributed by atoms with Crippen LogP contribution in [0.4, 0.5) is 19.0 Å². The quantitative estimate of drug-likeness (QED) is 0.683. The van der Waals surface area contributed by atoms with Crippen LogP contribution < -0.4 is 11.0 Å². The molecule has 10 heteroatoms. The number of rotatable bonds is 3. The van der Waals surface area contributed by atoms with Gasteiger partial charge in [-0.25, -0.2) is 14.3 Å². The number of nitriles is 1. The van der Waals surface area contributed by atoms with Gasteiger partial charge in [0.25, 0.3) is 0 Å². The molecule has 0 radical (unpaired) electrons. The van der Waals surface area contributed by atoms with E-state index in [1.807, 2.05) is 0 Å². The summed E-state index contributed by atoms with van der Waals surface area (Å²) < 4.78 is 40.8. The van der Waals surface area contributed by atoms with Gasteiger partial charge in [0.05, 0.1) is 22.2 Å². The average Bonchev–Trinajstić information content (AvgIpc) is 2.64. The largest absolute Gasteiger partial charge is 0.433 e. The second kappa shape index (κ2) is 6.74. The van der Waals surface area contributed by atoms with Crippen LogP contribution in [-0.4, -0.2) is 20.1 Å². The van der Waals surface area contributed by atoms with Crippen molar-refractivity contribution in [2.24, 2.45) is 0 Å². The molecule has 0 saturated heterocycles. The molecular formula is C19H13ClF3N5O. The highest BCUT2D eigenvalue weighted by atomic mass is 35.5. The maximum atomic E-state index is 13.3. The molecule has 1 saturated carbocycles. The van der Waals surface area contributed by atoms with E-state index in [1.54, 1.807) is 12.1 Å². The van der Waals surface area contributed by atoms with Crippen molar-refractivity contribution in [1.82, 2.24) is 14.5 Å². The summed E-state index contributed by atoms with van der Waals surface area (Å²) in [5.74, 6) is 0.0239. The molecule has 0 bridgehead atoms. The van der Waals surface area contributed by atoms with Crippen LogP contribution in [0.1, 0.15) is 25.0 Å². The molecule has 0 amide bonds. The van der Waals surface area contributed by atoms with E-state index in [-0.39, 0.29) is 27.6 Å². The van der Waals surface area contributed by atoms with Gasteiger partial charge in [0.15, 0.2) is 5.65 Å². The maximum Gasteiger partial charge on any atom is 0.433 e. The molecule has 6 nitrogen and oxygen atoms in total.